The van der Waals surface area contributed by atoms with Crippen molar-refractivity contribution >= 4 is 19.8 Å². The Bertz CT molecular complexity index is 269. The quantitative estimate of drug-likeness (QED) is 0.664. The van der Waals surface area contributed by atoms with E-state index in [9.17, 15) is 0 Å². The van der Waals surface area contributed by atoms with Crippen molar-refractivity contribution in [2.45, 2.75) is 16.9 Å². The fourth-order valence-electron chi connectivity index (χ4n) is 1.56. The number of hydrogen-bond acceptors (Lipinski definition) is 1. The maximum absolute atomic E-state index is 2.40. The first-order chi connectivity index (χ1) is 6.11. The fraction of sp³-hybridized carbons (Fsp3) is 0.455. The molecule has 0 unspecified atom stereocenters. The smallest absolute Gasteiger partial charge is 0.261 e. The Kier molecular flexibility index (Phi) is 3.84. The average molecular weight is 191 g/mol. The van der Waals surface area contributed by atoms with Crippen LogP contribution < -0.4 is 4.90 Å². The Morgan fingerprint density at radius 3 is 2.31 bits per heavy atom. The van der Waals surface area contributed by atoms with Crippen molar-refractivity contribution in [1.29, 1.82) is 0 Å². The van der Waals surface area contributed by atoms with Gasteiger partial charge in [0.15, 0.2) is 0 Å². The summed E-state index contributed by atoms with van der Waals surface area (Å²) in [5.74, 6) is 4.79. The predicted molar refractivity (Wildman–Crippen MR) is 62.0 cm³/mol. The highest BCUT2D eigenvalue weighted by Crippen LogP contribution is 2.18. The van der Waals surface area contributed by atoms with E-state index in [0.717, 1.165) is 0 Å². The van der Waals surface area contributed by atoms with Gasteiger partial charge in [-0.3, -0.25) is 0 Å². The van der Waals surface area contributed by atoms with Crippen LogP contribution in [0.2, 0.25) is 11.6 Å². The number of para-hydroxylation sites is 1. The normalized spacial score (nSPS) is 9.85. The fourth-order valence-corrected chi connectivity index (χ4v) is 2.78. The summed E-state index contributed by atoms with van der Waals surface area (Å²) in [4.78, 5) is 2.20. The highest BCUT2D eigenvalue weighted by atomic mass is 27.2. The first-order valence-electron chi connectivity index (χ1n) is 4.86. The summed E-state index contributed by atoms with van der Waals surface area (Å²) in [6.07, 6.45) is 0. The summed E-state index contributed by atoms with van der Waals surface area (Å²) in [5.41, 5.74) is 2.89. The Balaban J connectivity index is 2.91. The van der Waals surface area contributed by atoms with Gasteiger partial charge in [0, 0.05) is 19.8 Å². The summed E-state index contributed by atoms with van der Waals surface area (Å²) in [7, 11) is 4.22. The number of benzene rings is 1. The molecule has 2 heteroatoms. The van der Waals surface area contributed by atoms with Crippen LogP contribution in [0.4, 0.5) is 5.69 Å². The van der Waals surface area contributed by atoms with Gasteiger partial charge in [-0.15, -0.1) is 11.6 Å². The molecule has 1 aromatic rings. The summed E-state index contributed by atoms with van der Waals surface area (Å²) in [6, 6.07) is 8.70. The molecule has 13 heavy (non-hydrogen) atoms. The summed E-state index contributed by atoms with van der Waals surface area (Å²) >= 11 is -0.493. The molecule has 0 amide bonds. The van der Waals surface area contributed by atoms with Crippen LogP contribution >= 0.6 is 0 Å². The molecule has 0 heterocycles. The lowest BCUT2D eigenvalue weighted by Crippen LogP contribution is -2.14. The minimum Gasteiger partial charge on any atom is -0.377 e. The van der Waals surface area contributed by atoms with Crippen LogP contribution in [0, 0.1) is 0 Å². The van der Waals surface area contributed by atoms with Crippen molar-refractivity contribution in [2.75, 3.05) is 19.0 Å². The van der Waals surface area contributed by atoms with Crippen LogP contribution in [-0.2, 0) is 5.28 Å². The number of anilines is 1. The Hall–Kier alpha value is -0.448. The molecule has 0 aliphatic rings. The first kappa shape index (κ1) is 10.6. The third-order valence-electron chi connectivity index (χ3n) is 2.10. The molecule has 0 aromatic heterocycles. The van der Waals surface area contributed by atoms with Gasteiger partial charge in [0.2, 0.25) is 0 Å². The van der Waals surface area contributed by atoms with Crippen molar-refractivity contribution in [2.24, 2.45) is 0 Å². The second-order valence-electron chi connectivity index (χ2n) is 4.12. The number of nitrogens with zero attached hydrogens (tertiary/aromatic N) is 1. The number of hydrogen-bond donors (Lipinski definition) is 0. The number of rotatable bonds is 3. The van der Waals surface area contributed by atoms with E-state index in [4.69, 9.17) is 0 Å². The van der Waals surface area contributed by atoms with E-state index in [1.54, 1.807) is 0 Å². The lowest BCUT2D eigenvalue weighted by atomic mass is 10.2. The van der Waals surface area contributed by atoms with Gasteiger partial charge in [-0.05, 0) is 11.6 Å². The minimum atomic E-state index is -0.493. The van der Waals surface area contributed by atoms with Gasteiger partial charge < -0.3 is 4.90 Å². The molecule has 1 rings (SSSR count). The Labute approximate surface area is 85.8 Å². The van der Waals surface area contributed by atoms with Gasteiger partial charge in [0.1, 0.15) is 0 Å². The van der Waals surface area contributed by atoms with Crippen molar-refractivity contribution < 1.29 is 0 Å². The standard InChI is InChI=1S/C9H12N.2CH3.Al/c1-8-6-4-5-7-9(8)10(2)3;;;/h4-7H,1H2,2-3H3;2*1H3;. The molecule has 0 atom stereocenters. The molecule has 1 nitrogen and oxygen atoms in total. The molecule has 0 saturated carbocycles. The van der Waals surface area contributed by atoms with Gasteiger partial charge in [-0.2, -0.15) is 0 Å². The lowest BCUT2D eigenvalue weighted by Gasteiger charge is -2.17. The van der Waals surface area contributed by atoms with Gasteiger partial charge >= 0.3 is 0 Å². The van der Waals surface area contributed by atoms with Gasteiger partial charge in [0.05, 0.1) is 0 Å². The molecule has 0 bridgehead atoms. The van der Waals surface area contributed by atoms with Crippen LogP contribution in [0.1, 0.15) is 5.56 Å². The molecule has 0 saturated heterocycles. The topological polar surface area (TPSA) is 3.24 Å². The zero-order valence-electron chi connectivity index (χ0n) is 9.04. The first-order valence-corrected chi connectivity index (χ1v) is 7.99. The van der Waals surface area contributed by atoms with Gasteiger partial charge in [0.25, 0.3) is 14.1 Å². The van der Waals surface area contributed by atoms with E-state index in [2.05, 4.69) is 54.8 Å². The van der Waals surface area contributed by atoms with E-state index in [0.29, 0.717) is 0 Å². The van der Waals surface area contributed by atoms with Gasteiger partial charge in [-0.1, -0.05) is 23.5 Å². The van der Waals surface area contributed by atoms with E-state index >= 15 is 0 Å². The molecule has 0 N–H and O–H groups in total. The van der Waals surface area contributed by atoms with Crippen molar-refractivity contribution in [3.63, 3.8) is 0 Å². The summed E-state index contributed by atoms with van der Waals surface area (Å²) in [5, 5.41) is 1.30. The molecule has 0 fully saturated rings. The van der Waals surface area contributed by atoms with Crippen LogP contribution in [0.5, 0.6) is 0 Å². The van der Waals surface area contributed by atoms with E-state index < -0.39 is 14.1 Å². The monoisotopic (exact) mass is 191 g/mol. The highest BCUT2D eigenvalue weighted by Gasteiger charge is 2.08. The van der Waals surface area contributed by atoms with Crippen molar-refractivity contribution in [3.05, 3.63) is 29.8 Å². The molecule has 70 valence electrons. The second kappa shape index (κ2) is 4.70. The molecule has 1 aromatic carbocycles. The molecule has 0 spiro atoms. The minimum absolute atomic E-state index is 0.493. The molecular formula is C11H18AlN. The van der Waals surface area contributed by atoms with E-state index in [1.807, 2.05) is 0 Å². The van der Waals surface area contributed by atoms with Crippen LogP contribution in [-0.4, -0.2) is 28.2 Å². The average Bonchev–Trinajstić information content (AvgIpc) is 2.03. The third kappa shape index (κ3) is 3.06. The van der Waals surface area contributed by atoms with Crippen LogP contribution in [0.25, 0.3) is 0 Å². The largest absolute Gasteiger partial charge is 0.377 e. The summed E-state index contributed by atoms with van der Waals surface area (Å²) < 4.78 is 0. The molecular weight excluding hydrogens is 173 g/mol. The predicted octanol–water partition coefficient (Wildman–Crippen LogP) is 2.59. The molecule has 0 radical (unpaired) electrons. The third-order valence-corrected chi connectivity index (χ3v) is 3.36. The molecule has 0 aliphatic carbocycles. The second-order valence-corrected chi connectivity index (χ2v) is 7.32. The van der Waals surface area contributed by atoms with E-state index in [-0.39, 0.29) is 0 Å². The van der Waals surface area contributed by atoms with Crippen molar-refractivity contribution in [1.82, 2.24) is 0 Å². The maximum atomic E-state index is 2.40. The Morgan fingerprint density at radius 1 is 1.15 bits per heavy atom. The zero-order valence-corrected chi connectivity index (χ0v) is 10.2. The van der Waals surface area contributed by atoms with Crippen molar-refractivity contribution in [3.8, 4) is 0 Å². The zero-order chi connectivity index (χ0) is 9.84. The lowest BCUT2D eigenvalue weighted by molar-refractivity contribution is 1.11. The SMILES string of the molecule is CN(C)c1ccccc1[CH2][Al]([CH3])[CH3]. The summed E-state index contributed by atoms with van der Waals surface area (Å²) in [6.45, 7) is 0. The van der Waals surface area contributed by atoms with E-state index in [1.165, 1.54) is 16.5 Å². The Morgan fingerprint density at radius 2 is 1.77 bits per heavy atom. The van der Waals surface area contributed by atoms with Gasteiger partial charge in [-0.25, -0.2) is 0 Å². The van der Waals surface area contributed by atoms with Crippen LogP contribution in [0.3, 0.4) is 0 Å². The highest BCUT2D eigenvalue weighted by molar-refractivity contribution is 6.55. The molecule has 0 aliphatic heterocycles. The maximum Gasteiger partial charge on any atom is 0.261 e. The van der Waals surface area contributed by atoms with Crippen LogP contribution in [0.15, 0.2) is 24.3 Å².